The molecule has 0 amide bonds. The second-order valence-electron chi connectivity index (χ2n) is 4.84. The molecule has 0 unspecified atom stereocenters. The van der Waals surface area contributed by atoms with Crippen molar-refractivity contribution in [3.8, 4) is 5.75 Å². The molecule has 0 radical (unpaired) electrons. The maximum Gasteiger partial charge on any atom is 0.372 e. The minimum absolute atomic E-state index is 0.0796. The Balaban J connectivity index is 2.54. The molecule has 0 fully saturated rings. The van der Waals surface area contributed by atoms with E-state index in [-0.39, 0.29) is 11.3 Å². The Hall–Kier alpha value is -3.09. The average molecular weight is 317 g/mol. The first-order valence-corrected chi connectivity index (χ1v) is 6.83. The Morgan fingerprint density at radius 1 is 1.26 bits per heavy atom. The molecular formula is C16H15NO6. The van der Waals surface area contributed by atoms with Gasteiger partial charge in [-0.1, -0.05) is 6.07 Å². The van der Waals surface area contributed by atoms with Crippen LogP contribution in [0.4, 0.5) is 0 Å². The van der Waals surface area contributed by atoms with Crippen molar-refractivity contribution < 1.29 is 24.5 Å². The van der Waals surface area contributed by atoms with Gasteiger partial charge in [-0.05, 0) is 37.4 Å². The molecule has 0 saturated carbocycles. The van der Waals surface area contributed by atoms with Crippen LogP contribution in [0.5, 0.6) is 5.75 Å². The number of carboxylic acid groups (broad SMARTS) is 2. The van der Waals surface area contributed by atoms with Gasteiger partial charge in [0.05, 0.1) is 11.5 Å². The van der Waals surface area contributed by atoms with Crippen molar-refractivity contribution in [2.24, 2.45) is 0 Å². The van der Waals surface area contributed by atoms with Crippen LogP contribution in [-0.2, 0) is 16.1 Å². The molecule has 0 spiro atoms. The van der Waals surface area contributed by atoms with Crippen LogP contribution < -0.4 is 10.3 Å². The Kier molecular flexibility index (Phi) is 4.49. The quantitative estimate of drug-likeness (QED) is 0.643. The second-order valence-corrected chi connectivity index (χ2v) is 4.84. The molecule has 1 aromatic carbocycles. The van der Waals surface area contributed by atoms with Gasteiger partial charge in [0.2, 0.25) is 5.76 Å². The number of carbonyl (C=O) groups is 2. The number of aromatic nitrogens is 1. The van der Waals surface area contributed by atoms with E-state index in [4.69, 9.17) is 14.9 Å². The number of benzene rings is 1. The SMILES string of the molecule is CCn1c(C)cc2ccc(O/C(=C/C(=O)O)C(=O)O)cc2c1=O. The fourth-order valence-corrected chi connectivity index (χ4v) is 2.29. The van der Waals surface area contributed by atoms with Gasteiger partial charge in [-0.25, -0.2) is 9.59 Å². The van der Waals surface area contributed by atoms with Crippen LogP contribution >= 0.6 is 0 Å². The van der Waals surface area contributed by atoms with E-state index < -0.39 is 17.7 Å². The van der Waals surface area contributed by atoms with Crippen molar-refractivity contribution in [1.82, 2.24) is 4.57 Å². The Morgan fingerprint density at radius 3 is 2.52 bits per heavy atom. The standard InChI is InChI=1S/C16H15NO6/c1-3-17-9(2)6-10-4-5-11(7-12(10)15(17)20)23-13(16(21)22)8-14(18)19/h4-8H,3H2,1-2H3,(H,18,19)(H,21,22)/b13-8+. The summed E-state index contributed by atoms with van der Waals surface area (Å²) in [6.45, 7) is 4.18. The fraction of sp³-hybridized carbons (Fsp3) is 0.188. The van der Waals surface area contributed by atoms with Crippen LogP contribution in [0.3, 0.4) is 0 Å². The van der Waals surface area contributed by atoms with Gasteiger partial charge in [-0.3, -0.25) is 4.79 Å². The zero-order valence-electron chi connectivity index (χ0n) is 12.6. The number of aryl methyl sites for hydroxylation is 1. The third-order valence-corrected chi connectivity index (χ3v) is 3.30. The van der Waals surface area contributed by atoms with E-state index in [0.717, 1.165) is 5.69 Å². The lowest BCUT2D eigenvalue weighted by atomic mass is 10.1. The number of hydrogen-bond acceptors (Lipinski definition) is 4. The first-order valence-electron chi connectivity index (χ1n) is 6.83. The fourth-order valence-electron chi connectivity index (χ4n) is 2.29. The summed E-state index contributed by atoms with van der Waals surface area (Å²) >= 11 is 0. The molecule has 0 bridgehead atoms. The molecule has 120 valence electrons. The summed E-state index contributed by atoms with van der Waals surface area (Å²) in [5.74, 6) is -3.61. The highest BCUT2D eigenvalue weighted by Crippen LogP contribution is 2.21. The lowest BCUT2D eigenvalue weighted by Gasteiger charge is -2.11. The van der Waals surface area contributed by atoms with E-state index in [1.807, 2.05) is 19.9 Å². The summed E-state index contributed by atoms with van der Waals surface area (Å²) in [6, 6.07) is 6.35. The Morgan fingerprint density at radius 2 is 1.96 bits per heavy atom. The van der Waals surface area contributed by atoms with Crippen molar-refractivity contribution >= 4 is 22.7 Å². The molecule has 23 heavy (non-hydrogen) atoms. The Bertz CT molecular complexity index is 878. The van der Waals surface area contributed by atoms with Crippen molar-refractivity contribution in [2.75, 3.05) is 0 Å². The first kappa shape index (κ1) is 16.3. The maximum absolute atomic E-state index is 12.4. The van der Waals surface area contributed by atoms with Crippen LogP contribution in [0, 0.1) is 6.92 Å². The first-order chi connectivity index (χ1) is 10.8. The third kappa shape index (κ3) is 3.39. The van der Waals surface area contributed by atoms with E-state index in [9.17, 15) is 14.4 Å². The lowest BCUT2D eigenvalue weighted by Crippen LogP contribution is -2.21. The largest absolute Gasteiger partial charge is 0.478 e. The van der Waals surface area contributed by atoms with Gasteiger partial charge in [0.25, 0.3) is 5.56 Å². The Labute approximate surface area is 131 Å². The molecule has 0 saturated heterocycles. The molecule has 0 aliphatic carbocycles. The molecule has 0 atom stereocenters. The number of hydrogen-bond donors (Lipinski definition) is 2. The minimum atomic E-state index is -1.51. The van der Waals surface area contributed by atoms with Crippen molar-refractivity contribution in [2.45, 2.75) is 20.4 Å². The normalized spacial score (nSPS) is 11.5. The highest BCUT2D eigenvalue weighted by atomic mass is 16.5. The molecule has 2 N–H and O–H groups in total. The van der Waals surface area contributed by atoms with Crippen LogP contribution in [0.1, 0.15) is 12.6 Å². The average Bonchev–Trinajstić information content (AvgIpc) is 2.47. The summed E-state index contributed by atoms with van der Waals surface area (Å²) in [7, 11) is 0. The molecule has 1 heterocycles. The number of pyridine rings is 1. The molecule has 2 rings (SSSR count). The summed E-state index contributed by atoms with van der Waals surface area (Å²) in [4.78, 5) is 34.0. The third-order valence-electron chi connectivity index (χ3n) is 3.30. The zero-order valence-corrected chi connectivity index (χ0v) is 12.6. The van der Waals surface area contributed by atoms with Gasteiger partial charge in [0.15, 0.2) is 0 Å². The number of rotatable bonds is 5. The van der Waals surface area contributed by atoms with Crippen molar-refractivity contribution in [3.63, 3.8) is 0 Å². The maximum atomic E-state index is 12.4. The molecule has 2 aromatic rings. The summed E-state index contributed by atoms with van der Waals surface area (Å²) in [5, 5.41) is 18.7. The van der Waals surface area contributed by atoms with Crippen LogP contribution in [0.2, 0.25) is 0 Å². The van der Waals surface area contributed by atoms with Crippen molar-refractivity contribution in [1.29, 1.82) is 0 Å². The predicted molar refractivity (Wildman–Crippen MR) is 82.6 cm³/mol. The molecule has 0 aliphatic heterocycles. The highest BCUT2D eigenvalue weighted by molar-refractivity contribution is 5.93. The van der Waals surface area contributed by atoms with Gasteiger partial charge in [0, 0.05) is 12.2 Å². The topological polar surface area (TPSA) is 106 Å². The van der Waals surface area contributed by atoms with E-state index >= 15 is 0 Å². The van der Waals surface area contributed by atoms with Gasteiger partial charge in [0.1, 0.15) is 5.75 Å². The summed E-state index contributed by atoms with van der Waals surface area (Å²) < 4.78 is 6.67. The summed E-state index contributed by atoms with van der Waals surface area (Å²) in [6.07, 6.45) is 0.450. The lowest BCUT2D eigenvalue weighted by molar-refractivity contribution is -0.137. The molecule has 7 nitrogen and oxygen atoms in total. The number of fused-ring (bicyclic) bond motifs is 1. The number of carboxylic acids is 2. The van der Waals surface area contributed by atoms with Crippen LogP contribution in [0.15, 0.2) is 40.9 Å². The molecule has 1 aromatic heterocycles. The van der Waals surface area contributed by atoms with E-state index in [1.54, 1.807) is 10.6 Å². The van der Waals surface area contributed by atoms with E-state index in [2.05, 4.69) is 0 Å². The van der Waals surface area contributed by atoms with Gasteiger partial charge in [-0.15, -0.1) is 0 Å². The molecule has 0 aliphatic rings. The molecule has 7 heteroatoms. The summed E-state index contributed by atoms with van der Waals surface area (Å²) in [5.41, 5.74) is 0.600. The number of aliphatic carboxylic acids is 2. The van der Waals surface area contributed by atoms with Crippen LogP contribution in [-0.4, -0.2) is 26.7 Å². The van der Waals surface area contributed by atoms with Crippen molar-refractivity contribution in [3.05, 3.63) is 52.1 Å². The monoisotopic (exact) mass is 317 g/mol. The van der Waals surface area contributed by atoms with E-state index in [0.29, 0.717) is 23.4 Å². The predicted octanol–water partition coefficient (Wildman–Crippen LogP) is 1.76. The highest BCUT2D eigenvalue weighted by Gasteiger charge is 2.14. The van der Waals surface area contributed by atoms with Gasteiger partial charge in [-0.2, -0.15) is 0 Å². The number of nitrogens with zero attached hydrogens (tertiary/aromatic N) is 1. The second kappa shape index (κ2) is 6.35. The van der Waals surface area contributed by atoms with Gasteiger partial charge >= 0.3 is 11.9 Å². The smallest absolute Gasteiger partial charge is 0.372 e. The molecular weight excluding hydrogens is 302 g/mol. The van der Waals surface area contributed by atoms with E-state index in [1.165, 1.54) is 12.1 Å². The minimum Gasteiger partial charge on any atom is -0.478 e. The van der Waals surface area contributed by atoms with Gasteiger partial charge < -0.3 is 19.5 Å². The zero-order chi connectivity index (χ0) is 17.1. The van der Waals surface area contributed by atoms with Crippen LogP contribution in [0.25, 0.3) is 10.8 Å². The number of ether oxygens (including phenoxy) is 1.